The monoisotopic (exact) mass is 549 g/mol. The van der Waals surface area contributed by atoms with Gasteiger partial charge in [0.05, 0.1) is 4.47 Å². The van der Waals surface area contributed by atoms with Crippen LogP contribution in [0.15, 0.2) is 51.4 Å². The summed E-state index contributed by atoms with van der Waals surface area (Å²) in [6, 6.07) is 11.8. The molecule has 28 heavy (non-hydrogen) atoms. The minimum absolute atomic E-state index is 0.0803. The molecule has 0 aliphatic rings. The number of hydrogen-bond acceptors (Lipinski definition) is 5. The van der Waals surface area contributed by atoms with E-state index in [0.29, 0.717) is 21.0 Å². The van der Waals surface area contributed by atoms with Crippen LogP contribution in [-0.4, -0.2) is 30.1 Å². The molecule has 2 amide bonds. The van der Waals surface area contributed by atoms with E-state index in [2.05, 4.69) is 48.0 Å². The molecule has 0 unspecified atom stereocenters. The fraction of sp³-hybridized carbons (Fsp3) is 0.118. The van der Waals surface area contributed by atoms with E-state index in [1.807, 2.05) is 0 Å². The van der Waals surface area contributed by atoms with Gasteiger partial charge >= 0.3 is 0 Å². The molecular formula is C17H14Br2ClN3O4S. The Labute approximate surface area is 188 Å². The second-order valence-corrected chi connectivity index (χ2v) is 7.77. The molecule has 3 N–H and O–H groups in total. The Morgan fingerprint density at radius 2 is 1.64 bits per heavy atom. The first-order chi connectivity index (χ1) is 13.3. The first-order valence-corrected chi connectivity index (χ1v) is 10.1. The van der Waals surface area contributed by atoms with Gasteiger partial charge in [-0.15, -0.1) is 0 Å². The SMILES string of the molecule is O=C(COc1ccc(Cl)cc1)NNC(=S)NC(=O)COc1ccc(Br)cc1Br. The second-order valence-electron chi connectivity index (χ2n) is 5.16. The standard InChI is InChI=1S/C17H14Br2ClN3O4S/c18-10-1-6-14(13(19)7-10)27-8-15(24)21-17(28)23-22-16(25)9-26-12-4-2-11(20)3-5-12/h1-7H,8-9H2,(H,22,25)(H2,21,23,24,28). The molecular weight excluding hydrogens is 538 g/mol. The Balaban J connectivity index is 1.66. The van der Waals surface area contributed by atoms with Gasteiger partial charge in [-0.1, -0.05) is 27.5 Å². The lowest BCUT2D eigenvalue weighted by Crippen LogP contribution is -2.50. The van der Waals surface area contributed by atoms with Crippen LogP contribution >= 0.6 is 55.7 Å². The molecule has 0 fully saturated rings. The van der Waals surface area contributed by atoms with Crippen molar-refractivity contribution in [3.8, 4) is 11.5 Å². The van der Waals surface area contributed by atoms with E-state index < -0.39 is 11.8 Å². The lowest BCUT2D eigenvalue weighted by molar-refractivity contribution is -0.124. The highest BCUT2D eigenvalue weighted by Crippen LogP contribution is 2.28. The molecule has 0 aromatic heterocycles. The molecule has 0 atom stereocenters. The summed E-state index contributed by atoms with van der Waals surface area (Å²) < 4.78 is 12.2. The Kier molecular flexibility index (Phi) is 8.97. The maximum Gasteiger partial charge on any atom is 0.276 e. The molecule has 0 aliphatic carbocycles. The average Bonchev–Trinajstić information content (AvgIpc) is 2.65. The predicted octanol–water partition coefficient (Wildman–Crippen LogP) is 3.34. The van der Waals surface area contributed by atoms with Crippen LogP contribution in [0, 0.1) is 0 Å². The summed E-state index contributed by atoms with van der Waals surface area (Å²) in [5, 5.41) is 2.86. The van der Waals surface area contributed by atoms with Crippen molar-refractivity contribution in [2.75, 3.05) is 13.2 Å². The summed E-state index contributed by atoms with van der Waals surface area (Å²) in [5.74, 6) is 0.0251. The third-order valence-corrected chi connectivity index (χ3v) is 4.57. The number of benzene rings is 2. The Morgan fingerprint density at radius 3 is 2.32 bits per heavy atom. The van der Waals surface area contributed by atoms with Crippen LogP contribution in [0.5, 0.6) is 11.5 Å². The number of carbonyl (C=O) groups is 2. The Bertz CT molecular complexity index is 868. The van der Waals surface area contributed by atoms with Gasteiger partial charge in [-0.2, -0.15) is 0 Å². The fourth-order valence-electron chi connectivity index (χ4n) is 1.77. The highest BCUT2D eigenvalue weighted by atomic mass is 79.9. The number of halogens is 3. The largest absolute Gasteiger partial charge is 0.484 e. The van der Waals surface area contributed by atoms with Gasteiger partial charge in [-0.3, -0.25) is 25.8 Å². The highest BCUT2D eigenvalue weighted by molar-refractivity contribution is 9.11. The van der Waals surface area contributed by atoms with E-state index in [4.69, 9.17) is 33.3 Å². The maximum atomic E-state index is 11.9. The van der Waals surface area contributed by atoms with Crippen LogP contribution in [-0.2, 0) is 9.59 Å². The summed E-state index contributed by atoms with van der Waals surface area (Å²) >= 11 is 17.4. The van der Waals surface area contributed by atoms with Gasteiger partial charge < -0.3 is 9.47 Å². The van der Waals surface area contributed by atoms with E-state index in [-0.39, 0.29) is 18.3 Å². The number of ether oxygens (including phenoxy) is 2. The summed E-state index contributed by atoms with van der Waals surface area (Å²) in [6.07, 6.45) is 0. The van der Waals surface area contributed by atoms with Crippen LogP contribution in [0.1, 0.15) is 0 Å². The molecule has 2 aromatic carbocycles. The van der Waals surface area contributed by atoms with Crippen molar-refractivity contribution in [2.45, 2.75) is 0 Å². The molecule has 2 aromatic rings. The number of nitrogens with one attached hydrogen (secondary N) is 3. The highest BCUT2D eigenvalue weighted by Gasteiger charge is 2.09. The van der Waals surface area contributed by atoms with Gasteiger partial charge in [0, 0.05) is 9.50 Å². The van der Waals surface area contributed by atoms with Crippen LogP contribution in [0.4, 0.5) is 0 Å². The van der Waals surface area contributed by atoms with Crippen LogP contribution in [0.25, 0.3) is 0 Å². The molecule has 0 aliphatic heterocycles. The molecule has 11 heteroatoms. The number of hydrogen-bond donors (Lipinski definition) is 3. The van der Waals surface area contributed by atoms with Gasteiger partial charge in [0.1, 0.15) is 11.5 Å². The number of thiocarbonyl (C=S) groups is 1. The molecule has 0 heterocycles. The molecule has 2 rings (SSSR count). The summed E-state index contributed by atoms with van der Waals surface area (Å²) in [4.78, 5) is 23.6. The molecule has 0 radical (unpaired) electrons. The van der Waals surface area contributed by atoms with Crippen molar-refractivity contribution in [2.24, 2.45) is 0 Å². The van der Waals surface area contributed by atoms with Gasteiger partial charge in [0.15, 0.2) is 18.3 Å². The number of amides is 2. The van der Waals surface area contributed by atoms with Gasteiger partial charge in [0.2, 0.25) is 0 Å². The van der Waals surface area contributed by atoms with Crippen LogP contribution in [0.3, 0.4) is 0 Å². The topological polar surface area (TPSA) is 88.7 Å². The summed E-state index contributed by atoms with van der Waals surface area (Å²) in [6.45, 7) is -0.498. The van der Waals surface area contributed by atoms with Crippen molar-refractivity contribution >= 4 is 72.6 Å². The van der Waals surface area contributed by atoms with E-state index in [1.165, 1.54) is 0 Å². The first-order valence-electron chi connectivity index (χ1n) is 7.68. The minimum atomic E-state index is -0.487. The van der Waals surface area contributed by atoms with E-state index in [1.54, 1.807) is 42.5 Å². The summed E-state index contributed by atoms with van der Waals surface area (Å²) in [7, 11) is 0. The van der Waals surface area contributed by atoms with Gasteiger partial charge in [-0.25, -0.2) is 0 Å². The third kappa shape index (κ3) is 8.01. The third-order valence-electron chi connectivity index (χ3n) is 3.00. The first kappa shape index (κ1) is 22.4. The molecule has 0 saturated carbocycles. The lowest BCUT2D eigenvalue weighted by atomic mass is 10.3. The van der Waals surface area contributed by atoms with E-state index >= 15 is 0 Å². The zero-order valence-electron chi connectivity index (χ0n) is 14.1. The van der Waals surface area contributed by atoms with Gasteiger partial charge in [-0.05, 0) is 70.6 Å². The molecule has 0 saturated heterocycles. The molecule has 0 bridgehead atoms. The molecule has 7 nitrogen and oxygen atoms in total. The normalized spacial score (nSPS) is 9.96. The van der Waals surface area contributed by atoms with Crippen molar-refractivity contribution in [3.63, 3.8) is 0 Å². The molecule has 148 valence electrons. The molecule has 0 spiro atoms. The van der Waals surface area contributed by atoms with Crippen molar-refractivity contribution in [1.82, 2.24) is 16.2 Å². The van der Waals surface area contributed by atoms with E-state index in [0.717, 1.165) is 4.47 Å². The summed E-state index contributed by atoms with van der Waals surface area (Å²) in [5.41, 5.74) is 4.71. The Morgan fingerprint density at radius 1 is 0.964 bits per heavy atom. The van der Waals surface area contributed by atoms with Gasteiger partial charge in [0.25, 0.3) is 11.8 Å². The quantitative estimate of drug-likeness (QED) is 0.377. The van der Waals surface area contributed by atoms with Crippen LogP contribution in [0.2, 0.25) is 5.02 Å². The smallest absolute Gasteiger partial charge is 0.276 e. The van der Waals surface area contributed by atoms with Crippen LogP contribution < -0.4 is 25.6 Å². The van der Waals surface area contributed by atoms with Crippen molar-refractivity contribution < 1.29 is 19.1 Å². The second kappa shape index (κ2) is 11.2. The number of carbonyl (C=O) groups excluding carboxylic acids is 2. The van der Waals surface area contributed by atoms with Crippen molar-refractivity contribution in [1.29, 1.82) is 0 Å². The number of rotatable bonds is 6. The maximum absolute atomic E-state index is 11.9. The fourth-order valence-corrected chi connectivity index (χ4v) is 3.22. The average molecular weight is 552 g/mol. The minimum Gasteiger partial charge on any atom is -0.484 e. The van der Waals surface area contributed by atoms with Crippen molar-refractivity contribution in [3.05, 3.63) is 56.4 Å². The Hall–Kier alpha value is -1.88. The zero-order chi connectivity index (χ0) is 20.5. The predicted molar refractivity (Wildman–Crippen MR) is 116 cm³/mol. The van der Waals surface area contributed by atoms with E-state index in [9.17, 15) is 9.59 Å². The lowest BCUT2D eigenvalue weighted by Gasteiger charge is -2.12. The zero-order valence-corrected chi connectivity index (χ0v) is 18.9. The number of hydrazine groups is 1.